The van der Waals surface area contributed by atoms with Crippen LogP contribution in [0.25, 0.3) is 11.0 Å². The van der Waals surface area contributed by atoms with Gasteiger partial charge in [0.15, 0.2) is 0 Å². The molecule has 1 N–H and O–H groups in total. The van der Waals surface area contributed by atoms with Crippen molar-refractivity contribution in [3.63, 3.8) is 0 Å². The number of hydrogen-bond donors (Lipinski definition) is 1. The number of fused-ring (bicyclic) bond motifs is 1. The number of aromatic nitrogens is 2. The lowest BCUT2D eigenvalue weighted by Gasteiger charge is -2.36. The van der Waals surface area contributed by atoms with Crippen LogP contribution < -0.4 is 10.1 Å². The SMILES string of the molecule is CCOCCn1c(NC2CCN(CCC3(c4ccccc4)CCN(C(=O)c4cc(SOC)ccc4OC)C3)CC2)nc2ccccc21. The number of nitrogens with zero attached hydrogens (tertiary/aromatic N) is 4. The van der Waals surface area contributed by atoms with Crippen LogP contribution in [0.15, 0.2) is 77.7 Å². The number of amides is 1. The Morgan fingerprint density at radius 3 is 2.55 bits per heavy atom. The van der Waals surface area contributed by atoms with Crippen molar-refractivity contribution in [3.8, 4) is 5.75 Å². The van der Waals surface area contributed by atoms with Gasteiger partial charge in [-0.3, -0.25) is 4.79 Å². The number of likely N-dealkylation sites (tertiary alicyclic amines) is 2. The van der Waals surface area contributed by atoms with Gasteiger partial charge in [-0.1, -0.05) is 42.5 Å². The molecule has 1 aromatic heterocycles. The number of carbonyl (C=O) groups is 1. The van der Waals surface area contributed by atoms with Crippen LogP contribution >= 0.6 is 12.0 Å². The third-order valence-electron chi connectivity index (χ3n) is 9.75. The van der Waals surface area contributed by atoms with Crippen molar-refractivity contribution in [1.82, 2.24) is 19.4 Å². The molecule has 1 atom stereocenters. The van der Waals surface area contributed by atoms with Crippen LogP contribution in [0.4, 0.5) is 5.95 Å². The lowest BCUT2D eigenvalue weighted by molar-refractivity contribution is 0.0776. The van der Waals surface area contributed by atoms with E-state index < -0.39 is 0 Å². The van der Waals surface area contributed by atoms with Crippen LogP contribution in [0.3, 0.4) is 0 Å². The fourth-order valence-corrected chi connectivity index (χ4v) is 7.64. The maximum Gasteiger partial charge on any atom is 0.257 e. The fraction of sp³-hybridized carbons (Fsp3) is 0.459. The first kappa shape index (κ1) is 33.3. The monoisotopic (exact) mass is 657 g/mol. The molecule has 3 heterocycles. The highest BCUT2D eigenvalue weighted by molar-refractivity contribution is 7.94. The van der Waals surface area contributed by atoms with Gasteiger partial charge in [0.25, 0.3) is 5.91 Å². The van der Waals surface area contributed by atoms with Crippen LogP contribution in [0.2, 0.25) is 0 Å². The fourth-order valence-electron chi connectivity index (χ4n) is 7.16. The van der Waals surface area contributed by atoms with Gasteiger partial charge in [0.1, 0.15) is 5.75 Å². The number of rotatable bonds is 14. The van der Waals surface area contributed by atoms with Crippen molar-refractivity contribution < 1.29 is 18.5 Å². The Labute approximate surface area is 282 Å². The number of para-hydroxylation sites is 2. The Kier molecular flexibility index (Phi) is 11.0. The Morgan fingerprint density at radius 1 is 1.00 bits per heavy atom. The molecule has 47 heavy (non-hydrogen) atoms. The molecule has 0 radical (unpaired) electrons. The number of carbonyl (C=O) groups excluding carboxylic acids is 1. The van der Waals surface area contributed by atoms with Gasteiger partial charge in [-0.2, -0.15) is 0 Å². The third-order valence-corrected chi connectivity index (χ3v) is 10.4. The zero-order chi connectivity index (χ0) is 32.6. The van der Waals surface area contributed by atoms with E-state index in [0.717, 1.165) is 80.3 Å². The normalized spacial score (nSPS) is 19.0. The lowest BCUT2D eigenvalue weighted by Crippen LogP contribution is -2.42. The molecule has 9 nitrogen and oxygen atoms in total. The van der Waals surface area contributed by atoms with Crippen LogP contribution in [0, 0.1) is 0 Å². The standard InChI is InChI=1S/C37H47N5O4S/c1-4-46-25-24-42-33-13-9-8-12-32(33)39-36(42)38-29-16-20-40(21-17-29)22-18-37(28-10-6-5-7-11-28)19-23-41(27-37)35(43)31-26-30(47-45-3)14-15-34(31)44-2/h5-15,26,29H,4,16-25,27H2,1-3H3,(H,38,39). The zero-order valence-electron chi connectivity index (χ0n) is 27.8. The summed E-state index contributed by atoms with van der Waals surface area (Å²) in [5, 5.41) is 3.78. The molecule has 2 saturated heterocycles. The molecule has 1 amide bonds. The van der Waals surface area contributed by atoms with Gasteiger partial charge < -0.3 is 33.3 Å². The van der Waals surface area contributed by atoms with Gasteiger partial charge in [-0.15, -0.1) is 0 Å². The lowest BCUT2D eigenvalue weighted by atomic mass is 9.76. The largest absolute Gasteiger partial charge is 0.496 e. The number of anilines is 1. The topological polar surface area (TPSA) is 81.1 Å². The van der Waals surface area contributed by atoms with Gasteiger partial charge in [0, 0.05) is 67.7 Å². The molecule has 3 aromatic carbocycles. The summed E-state index contributed by atoms with van der Waals surface area (Å²) >= 11 is 1.25. The molecule has 250 valence electrons. The Morgan fingerprint density at radius 2 is 1.79 bits per heavy atom. The summed E-state index contributed by atoms with van der Waals surface area (Å²) < 4.78 is 18.8. The van der Waals surface area contributed by atoms with Crippen molar-refractivity contribution in [2.24, 2.45) is 0 Å². The van der Waals surface area contributed by atoms with Crippen molar-refractivity contribution >= 4 is 34.9 Å². The third kappa shape index (κ3) is 7.62. The molecule has 0 aliphatic carbocycles. The van der Waals surface area contributed by atoms with E-state index in [1.807, 2.05) is 36.1 Å². The zero-order valence-corrected chi connectivity index (χ0v) is 28.6. The summed E-state index contributed by atoms with van der Waals surface area (Å²) in [6, 6.07) is 25.1. The first-order chi connectivity index (χ1) is 23.0. The van der Waals surface area contributed by atoms with Crippen LogP contribution in [-0.2, 0) is 20.9 Å². The minimum atomic E-state index is -0.0937. The molecule has 2 aliphatic heterocycles. The number of hydrogen-bond acceptors (Lipinski definition) is 8. The van der Waals surface area contributed by atoms with Crippen LogP contribution in [0.5, 0.6) is 5.75 Å². The predicted octanol–water partition coefficient (Wildman–Crippen LogP) is 6.49. The van der Waals surface area contributed by atoms with E-state index in [1.54, 1.807) is 14.2 Å². The molecule has 0 bridgehead atoms. The predicted molar refractivity (Wildman–Crippen MR) is 188 cm³/mol. The highest BCUT2D eigenvalue weighted by Crippen LogP contribution is 2.40. The second-order valence-electron chi connectivity index (χ2n) is 12.5. The Bertz CT molecular complexity index is 1620. The summed E-state index contributed by atoms with van der Waals surface area (Å²) in [6.45, 7) is 8.67. The number of piperidine rings is 1. The molecular formula is C37H47N5O4S. The summed E-state index contributed by atoms with van der Waals surface area (Å²) in [4.78, 5) is 24.3. The molecule has 6 rings (SSSR count). The summed E-state index contributed by atoms with van der Waals surface area (Å²) in [7, 11) is 3.25. The molecule has 10 heteroatoms. The number of ether oxygens (including phenoxy) is 2. The summed E-state index contributed by atoms with van der Waals surface area (Å²) in [6.07, 6.45) is 4.07. The highest BCUT2D eigenvalue weighted by atomic mass is 32.2. The number of nitrogens with one attached hydrogen (secondary N) is 1. The molecule has 4 aromatic rings. The molecular weight excluding hydrogens is 611 g/mol. The summed E-state index contributed by atoms with van der Waals surface area (Å²) in [5.74, 6) is 1.54. The van der Waals surface area contributed by atoms with Gasteiger partial charge in [0.05, 0.1) is 37.4 Å². The van der Waals surface area contributed by atoms with Crippen molar-refractivity contribution in [1.29, 1.82) is 0 Å². The average Bonchev–Trinajstić information content (AvgIpc) is 3.71. The van der Waals surface area contributed by atoms with E-state index in [0.29, 0.717) is 37.1 Å². The van der Waals surface area contributed by atoms with Crippen molar-refractivity contribution in [2.75, 3.05) is 65.5 Å². The van der Waals surface area contributed by atoms with E-state index in [1.165, 1.54) is 17.6 Å². The quantitative estimate of drug-likeness (QED) is 0.122. The van der Waals surface area contributed by atoms with Gasteiger partial charge in [-0.05, 0) is 75.0 Å². The summed E-state index contributed by atoms with van der Waals surface area (Å²) in [5.41, 5.74) is 3.96. The molecule has 0 spiro atoms. The average molecular weight is 658 g/mol. The van der Waals surface area contributed by atoms with E-state index in [2.05, 4.69) is 63.3 Å². The van der Waals surface area contributed by atoms with Crippen LogP contribution in [0.1, 0.15) is 48.5 Å². The number of benzene rings is 3. The van der Waals surface area contributed by atoms with E-state index in [4.69, 9.17) is 18.6 Å². The van der Waals surface area contributed by atoms with Crippen molar-refractivity contribution in [3.05, 3.63) is 83.9 Å². The minimum absolute atomic E-state index is 0.0115. The van der Waals surface area contributed by atoms with E-state index in [9.17, 15) is 4.79 Å². The number of methoxy groups -OCH3 is 1. The second kappa shape index (κ2) is 15.6. The van der Waals surface area contributed by atoms with E-state index >= 15 is 0 Å². The molecule has 0 saturated carbocycles. The second-order valence-corrected chi connectivity index (χ2v) is 13.5. The Balaban J connectivity index is 1.10. The highest BCUT2D eigenvalue weighted by Gasteiger charge is 2.42. The Hall–Kier alpha value is -3.57. The minimum Gasteiger partial charge on any atom is -0.496 e. The molecule has 1 unspecified atom stereocenters. The van der Waals surface area contributed by atoms with E-state index in [-0.39, 0.29) is 11.3 Å². The first-order valence-corrected chi connectivity index (χ1v) is 17.5. The molecule has 2 fully saturated rings. The van der Waals surface area contributed by atoms with Gasteiger partial charge >= 0.3 is 0 Å². The maximum atomic E-state index is 13.9. The van der Waals surface area contributed by atoms with Crippen LogP contribution in [-0.4, -0.2) is 91.5 Å². The first-order valence-electron chi connectivity index (χ1n) is 16.8. The molecule has 2 aliphatic rings. The maximum absolute atomic E-state index is 13.9. The smallest absolute Gasteiger partial charge is 0.257 e. The van der Waals surface area contributed by atoms with Gasteiger partial charge in [-0.25, -0.2) is 4.98 Å². The van der Waals surface area contributed by atoms with Gasteiger partial charge in [0.2, 0.25) is 5.95 Å². The van der Waals surface area contributed by atoms with Crippen molar-refractivity contribution in [2.45, 2.75) is 55.5 Å². The number of imidazole rings is 1.